The highest BCUT2D eigenvalue weighted by Gasteiger charge is 2.40. The summed E-state index contributed by atoms with van der Waals surface area (Å²) in [4.78, 5) is 21.4. The summed E-state index contributed by atoms with van der Waals surface area (Å²) in [5, 5.41) is 10.7. The van der Waals surface area contributed by atoms with Crippen molar-refractivity contribution in [1.29, 1.82) is 0 Å². The number of hydrogen-bond donors (Lipinski definition) is 2. The highest BCUT2D eigenvalue weighted by atomic mass is 19.1. The number of aromatic nitrogens is 4. The number of rotatable bonds is 10. The largest absolute Gasteiger partial charge is 0.383 e. The van der Waals surface area contributed by atoms with Crippen LogP contribution in [0.25, 0.3) is 17.1 Å². The molecule has 1 amide bonds. The van der Waals surface area contributed by atoms with Crippen LogP contribution in [-0.4, -0.2) is 65.7 Å². The minimum atomic E-state index is -0.788. The highest BCUT2D eigenvalue weighted by molar-refractivity contribution is 5.82. The summed E-state index contributed by atoms with van der Waals surface area (Å²) in [7, 11) is 1.62. The molecule has 10 nitrogen and oxygen atoms in total. The van der Waals surface area contributed by atoms with Crippen molar-refractivity contribution in [2.75, 3.05) is 45.3 Å². The van der Waals surface area contributed by atoms with E-state index < -0.39 is 11.7 Å². The number of carbonyl (C=O) groups is 1. The Bertz CT molecular complexity index is 1160. The van der Waals surface area contributed by atoms with Crippen LogP contribution < -0.4 is 10.6 Å². The molecule has 0 radical (unpaired) electrons. The number of hydrogen-bond acceptors (Lipinski definition) is 8. The van der Waals surface area contributed by atoms with E-state index >= 15 is 0 Å². The number of carbonyl (C=O) groups excluding carboxylic acids is 1. The van der Waals surface area contributed by atoms with E-state index in [1.54, 1.807) is 36.2 Å². The lowest BCUT2D eigenvalue weighted by molar-refractivity contribution is -0.229. The average molecular weight is 499 g/mol. The van der Waals surface area contributed by atoms with Gasteiger partial charge in [-0.1, -0.05) is 6.92 Å². The quantitative estimate of drug-likeness (QED) is 0.410. The van der Waals surface area contributed by atoms with E-state index in [0.717, 1.165) is 6.42 Å². The Hall–Kier alpha value is -3.41. The van der Waals surface area contributed by atoms with Crippen molar-refractivity contribution in [3.8, 4) is 17.1 Å². The molecule has 0 atom stereocenters. The minimum Gasteiger partial charge on any atom is -0.383 e. The highest BCUT2D eigenvalue weighted by Crippen LogP contribution is 2.34. The van der Waals surface area contributed by atoms with E-state index in [1.165, 1.54) is 12.1 Å². The minimum absolute atomic E-state index is 0.102. The number of nitrogens with one attached hydrogen (secondary N) is 2. The van der Waals surface area contributed by atoms with E-state index in [1.807, 2.05) is 19.9 Å². The van der Waals surface area contributed by atoms with Gasteiger partial charge in [0.25, 0.3) is 0 Å². The van der Waals surface area contributed by atoms with Crippen molar-refractivity contribution >= 4 is 11.9 Å². The number of nitrogens with zero attached hydrogens (tertiary/aromatic N) is 4. The Morgan fingerprint density at radius 2 is 1.97 bits per heavy atom. The molecule has 192 valence electrons. The van der Waals surface area contributed by atoms with Crippen molar-refractivity contribution in [3.63, 3.8) is 0 Å². The van der Waals surface area contributed by atoms with Gasteiger partial charge in [0.2, 0.25) is 18.1 Å². The summed E-state index contributed by atoms with van der Waals surface area (Å²) in [5.74, 6) is -0.00859. The van der Waals surface area contributed by atoms with Gasteiger partial charge in [0.15, 0.2) is 0 Å². The van der Waals surface area contributed by atoms with Crippen LogP contribution in [0.4, 0.5) is 10.3 Å². The molecule has 1 aliphatic rings. The Balaban J connectivity index is 1.61. The number of halogens is 1. The SMILES string of the molecule is CCCNC(=O)C1(C)COC(c2cc(-c3ccnc(NCCOC)n3)n(-c3ccc(F)cc3)n2)OC1. The summed E-state index contributed by atoms with van der Waals surface area (Å²) in [6, 6.07) is 9.58. The van der Waals surface area contributed by atoms with E-state index in [4.69, 9.17) is 19.3 Å². The van der Waals surface area contributed by atoms with Gasteiger partial charge in [-0.15, -0.1) is 0 Å². The summed E-state index contributed by atoms with van der Waals surface area (Å²) in [5.41, 5.74) is 1.62. The second-order valence-corrected chi connectivity index (χ2v) is 8.80. The van der Waals surface area contributed by atoms with E-state index in [9.17, 15) is 9.18 Å². The van der Waals surface area contributed by atoms with Gasteiger partial charge < -0.3 is 24.8 Å². The molecule has 2 N–H and O–H groups in total. The van der Waals surface area contributed by atoms with Crippen LogP contribution in [0.2, 0.25) is 0 Å². The maximum atomic E-state index is 13.6. The summed E-state index contributed by atoms with van der Waals surface area (Å²) < 4.78 is 32.2. The number of amides is 1. The molecule has 11 heteroatoms. The van der Waals surface area contributed by atoms with Gasteiger partial charge in [-0.25, -0.2) is 19.0 Å². The van der Waals surface area contributed by atoms with E-state index in [-0.39, 0.29) is 24.9 Å². The van der Waals surface area contributed by atoms with Crippen LogP contribution in [0, 0.1) is 11.2 Å². The first kappa shape index (κ1) is 25.7. The molecule has 4 rings (SSSR count). The standard InChI is InChI=1S/C25H31FN6O4/c1-4-10-27-23(33)25(2)15-35-22(36-16-25)20-14-21(32(31-20)18-7-5-17(26)6-8-18)19-9-11-28-24(30-19)29-12-13-34-3/h5-9,11,14,22H,4,10,12-13,15-16H2,1-3H3,(H,27,33)(H,28,29,30). The lowest BCUT2D eigenvalue weighted by Gasteiger charge is -2.35. The molecule has 3 heterocycles. The molecular weight excluding hydrogens is 467 g/mol. The summed E-state index contributed by atoms with van der Waals surface area (Å²) in [6.07, 6.45) is 1.73. The third-order valence-electron chi connectivity index (χ3n) is 5.74. The topological polar surface area (TPSA) is 112 Å². The lowest BCUT2D eigenvalue weighted by Crippen LogP contribution is -2.48. The first-order valence-corrected chi connectivity index (χ1v) is 11.9. The van der Waals surface area contributed by atoms with Crippen molar-refractivity contribution in [2.45, 2.75) is 26.6 Å². The van der Waals surface area contributed by atoms with Gasteiger partial charge in [-0.3, -0.25) is 4.79 Å². The molecule has 2 aromatic heterocycles. The van der Waals surface area contributed by atoms with Crippen LogP contribution in [0.5, 0.6) is 0 Å². The molecule has 0 spiro atoms. The van der Waals surface area contributed by atoms with E-state index in [0.29, 0.717) is 48.4 Å². The maximum Gasteiger partial charge on any atom is 0.230 e. The Kier molecular flexibility index (Phi) is 8.24. The lowest BCUT2D eigenvalue weighted by atomic mass is 9.91. The molecule has 1 aliphatic heterocycles. The number of anilines is 1. The normalized spacial score (nSPS) is 19.7. The Labute approximate surface area is 209 Å². The molecule has 0 unspecified atom stereocenters. The summed E-state index contributed by atoms with van der Waals surface area (Å²) in [6.45, 7) is 5.85. The van der Waals surface area contributed by atoms with Gasteiger partial charge in [0.05, 0.1) is 42.3 Å². The predicted molar refractivity (Wildman–Crippen MR) is 131 cm³/mol. The number of ether oxygens (including phenoxy) is 3. The maximum absolute atomic E-state index is 13.6. The average Bonchev–Trinajstić information content (AvgIpc) is 3.34. The zero-order valence-corrected chi connectivity index (χ0v) is 20.7. The molecule has 1 aromatic carbocycles. The van der Waals surface area contributed by atoms with Crippen molar-refractivity contribution in [2.24, 2.45) is 5.41 Å². The Morgan fingerprint density at radius 3 is 2.67 bits per heavy atom. The molecule has 0 bridgehead atoms. The van der Waals surface area contributed by atoms with Crippen LogP contribution in [-0.2, 0) is 19.0 Å². The second-order valence-electron chi connectivity index (χ2n) is 8.80. The van der Waals surface area contributed by atoms with Gasteiger partial charge in [0.1, 0.15) is 11.5 Å². The monoisotopic (exact) mass is 498 g/mol. The zero-order valence-electron chi connectivity index (χ0n) is 20.7. The van der Waals surface area contributed by atoms with Crippen molar-refractivity contribution in [1.82, 2.24) is 25.1 Å². The molecule has 0 saturated carbocycles. The fourth-order valence-electron chi connectivity index (χ4n) is 3.69. The molecule has 1 saturated heterocycles. The van der Waals surface area contributed by atoms with Crippen LogP contribution in [0.15, 0.2) is 42.6 Å². The number of benzene rings is 1. The molecule has 0 aliphatic carbocycles. The fraction of sp³-hybridized carbons (Fsp3) is 0.440. The van der Waals surface area contributed by atoms with Crippen LogP contribution >= 0.6 is 0 Å². The molecule has 36 heavy (non-hydrogen) atoms. The fourth-order valence-corrected chi connectivity index (χ4v) is 3.69. The Morgan fingerprint density at radius 1 is 1.22 bits per heavy atom. The van der Waals surface area contributed by atoms with Gasteiger partial charge in [0, 0.05) is 26.4 Å². The first-order valence-electron chi connectivity index (χ1n) is 11.9. The second kappa shape index (κ2) is 11.5. The van der Waals surface area contributed by atoms with Gasteiger partial charge in [-0.05, 0) is 49.7 Å². The van der Waals surface area contributed by atoms with Gasteiger partial charge >= 0.3 is 0 Å². The third-order valence-corrected chi connectivity index (χ3v) is 5.74. The van der Waals surface area contributed by atoms with E-state index in [2.05, 4.69) is 20.6 Å². The molecular formula is C25H31FN6O4. The zero-order chi connectivity index (χ0) is 25.5. The smallest absolute Gasteiger partial charge is 0.230 e. The van der Waals surface area contributed by atoms with Gasteiger partial charge in [-0.2, -0.15) is 5.10 Å². The predicted octanol–water partition coefficient (Wildman–Crippen LogP) is 3.10. The van der Waals surface area contributed by atoms with Crippen molar-refractivity contribution < 1.29 is 23.4 Å². The molecule has 1 fully saturated rings. The summed E-state index contributed by atoms with van der Waals surface area (Å²) >= 11 is 0. The third kappa shape index (κ3) is 5.86. The molecule has 3 aromatic rings. The van der Waals surface area contributed by atoms with Crippen LogP contribution in [0.1, 0.15) is 32.3 Å². The van der Waals surface area contributed by atoms with Crippen molar-refractivity contribution in [3.05, 3.63) is 54.1 Å². The number of methoxy groups -OCH3 is 1. The first-order chi connectivity index (χ1) is 17.4. The van der Waals surface area contributed by atoms with Crippen LogP contribution in [0.3, 0.4) is 0 Å².